The summed E-state index contributed by atoms with van der Waals surface area (Å²) >= 11 is 1.88. The number of thioether (sulfide) groups is 1. The van der Waals surface area contributed by atoms with E-state index < -0.39 is 0 Å². The lowest BCUT2D eigenvalue weighted by Gasteiger charge is -2.25. The summed E-state index contributed by atoms with van der Waals surface area (Å²) in [5, 5.41) is 12.0. The van der Waals surface area contributed by atoms with E-state index in [1.165, 1.54) is 10.6 Å². The van der Waals surface area contributed by atoms with Crippen LogP contribution in [0.25, 0.3) is 0 Å². The molecule has 72 valence electrons. The second-order valence-electron chi connectivity index (χ2n) is 3.35. The lowest BCUT2D eigenvalue weighted by molar-refractivity contribution is 0.724. The van der Waals surface area contributed by atoms with E-state index >= 15 is 0 Å². The van der Waals surface area contributed by atoms with Gasteiger partial charge in [-0.3, -0.25) is 0 Å². The Morgan fingerprint density at radius 3 is 3.21 bits per heavy atom. The van der Waals surface area contributed by atoms with E-state index in [-0.39, 0.29) is 0 Å². The van der Waals surface area contributed by atoms with Gasteiger partial charge in [0.05, 0.1) is 6.07 Å². The van der Waals surface area contributed by atoms with E-state index in [2.05, 4.69) is 29.6 Å². The van der Waals surface area contributed by atoms with Crippen molar-refractivity contribution in [1.82, 2.24) is 0 Å². The van der Waals surface area contributed by atoms with Crippen LogP contribution in [0.5, 0.6) is 0 Å². The predicted molar refractivity (Wildman–Crippen MR) is 59.4 cm³/mol. The first-order valence-electron chi connectivity index (χ1n) is 4.75. The minimum absolute atomic E-state index is 0.453. The average Bonchev–Trinajstić information content (AvgIpc) is 2.26. The normalized spacial score (nSPS) is 19.2. The van der Waals surface area contributed by atoms with E-state index in [1.54, 1.807) is 0 Å². The number of nitrogens with one attached hydrogen (secondary N) is 1. The molecule has 1 N–H and O–H groups in total. The molecule has 1 heterocycles. The fraction of sp³-hybridized carbons (Fsp3) is 0.364. The molecular weight excluding hydrogens is 192 g/mol. The maximum absolute atomic E-state index is 8.51. The van der Waals surface area contributed by atoms with Crippen LogP contribution in [0.2, 0.25) is 0 Å². The zero-order valence-corrected chi connectivity index (χ0v) is 8.68. The summed E-state index contributed by atoms with van der Waals surface area (Å²) in [5.74, 6) is 1.07. The van der Waals surface area contributed by atoms with E-state index in [0.717, 1.165) is 12.2 Å². The molecule has 14 heavy (non-hydrogen) atoms. The Balaban J connectivity index is 2.03. The van der Waals surface area contributed by atoms with Crippen LogP contribution in [0.15, 0.2) is 29.2 Å². The van der Waals surface area contributed by atoms with Crippen molar-refractivity contribution in [3.63, 3.8) is 0 Å². The largest absolute Gasteiger partial charge is 0.381 e. The highest BCUT2D eigenvalue weighted by Crippen LogP contribution is 2.33. The van der Waals surface area contributed by atoms with Crippen molar-refractivity contribution >= 4 is 17.4 Å². The molecular formula is C11H12N2S. The number of hydrogen-bond acceptors (Lipinski definition) is 3. The van der Waals surface area contributed by atoms with Gasteiger partial charge in [0.25, 0.3) is 0 Å². The van der Waals surface area contributed by atoms with Gasteiger partial charge in [-0.2, -0.15) is 5.26 Å². The molecule has 0 radical (unpaired) electrons. The summed E-state index contributed by atoms with van der Waals surface area (Å²) < 4.78 is 0. The molecule has 0 aromatic heterocycles. The summed E-state index contributed by atoms with van der Waals surface area (Å²) in [7, 11) is 0. The van der Waals surface area contributed by atoms with Crippen LogP contribution in [0, 0.1) is 11.3 Å². The predicted octanol–water partition coefficient (Wildman–Crippen LogP) is 2.88. The van der Waals surface area contributed by atoms with Crippen molar-refractivity contribution in [2.45, 2.75) is 23.8 Å². The molecule has 0 bridgehead atoms. The Hall–Kier alpha value is -1.14. The number of fused-ring (bicyclic) bond motifs is 1. The molecule has 0 spiro atoms. The molecule has 0 amide bonds. The van der Waals surface area contributed by atoms with Crippen molar-refractivity contribution in [2.24, 2.45) is 0 Å². The van der Waals surface area contributed by atoms with Gasteiger partial charge in [0.1, 0.15) is 0 Å². The van der Waals surface area contributed by atoms with Crippen LogP contribution in [0.1, 0.15) is 12.8 Å². The van der Waals surface area contributed by atoms with Gasteiger partial charge in [-0.15, -0.1) is 11.8 Å². The molecule has 1 aromatic carbocycles. The van der Waals surface area contributed by atoms with Gasteiger partial charge in [-0.25, -0.2) is 0 Å². The first-order chi connectivity index (χ1) is 6.90. The van der Waals surface area contributed by atoms with Crippen molar-refractivity contribution in [1.29, 1.82) is 5.26 Å². The topological polar surface area (TPSA) is 35.8 Å². The van der Waals surface area contributed by atoms with E-state index in [0.29, 0.717) is 12.5 Å². The van der Waals surface area contributed by atoms with Crippen LogP contribution < -0.4 is 5.32 Å². The molecule has 2 rings (SSSR count). The van der Waals surface area contributed by atoms with Crippen molar-refractivity contribution in [3.05, 3.63) is 24.3 Å². The molecule has 0 saturated heterocycles. The van der Waals surface area contributed by atoms with Crippen molar-refractivity contribution < 1.29 is 0 Å². The third-order valence-electron chi connectivity index (χ3n) is 2.29. The number of benzene rings is 1. The minimum atomic E-state index is 0.453. The summed E-state index contributed by atoms with van der Waals surface area (Å²) in [4.78, 5) is 1.32. The summed E-state index contributed by atoms with van der Waals surface area (Å²) in [6.45, 7) is 0. The van der Waals surface area contributed by atoms with E-state index in [9.17, 15) is 0 Å². The standard InChI is InChI=1S/C11H12N2S/c12-7-3-4-9-8-14-11-6-2-1-5-10(11)13-9/h1-2,5-6,9,13H,3-4,8H2. The second-order valence-corrected chi connectivity index (χ2v) is 4.41. The Bertz CT molecular complexity index is 357. The van der Waals surface area contributed by atoms with Crippen LogP contribution in [-0.2, 0) is 0 Å². The molecule has 3 heteroatoms. The molecule has 1 atom stereocenters. The zero-order valence-electron chi connectivity index (χ0n) is 7.86. The first kappa shape index (κ1) is 9.42. The molecule has 0 saturated carbocycles. The molecule has 1 unspecified atom stereocenters. The number of nitrogens with zero attached hydrogens (tertiary/aromatic N) is 1. The monoisotopic (exact) mass is 204 g/mol. The average molecular weight is 204 g/mol. The highest BCUT2D eigenvalue weighted by molar-refractivity contribution is 7.99. The molecule has 2 nitrogen and oxygen atoms in total. The minimum Gasteiger partial charge on any atom is -0.381 e. The fourth-order valence-corrected chi connectivity index (χ4v) is 2.65. The van der Waals surface area contributed by atoms with Gasteiger partial charge in [0, 0.05) is 28.8 Å². The molecule has 0 aliphatic carbocycles. The maximum atomic E-state index is 8.51. The smallest absolute Gasteiger partial charge is 0.0622 e. The SMILES string of the molecule is N#CCCC1CSc2ccccc2N1. The molecule has 1 aliphatic heterocycles. The number of anilines is 1. The second kappa shape index (κ2) is 4.39. The molecule has 1 aliphatic rings. The fourth-order valence-electron chi connectivity index (χ4n) is 1.56. The van der Waals surface area contributed by atoms with Gasteiger partial charge < -0.3 is 5.32 Å². The lowest BCUT2D eigenvalue weighted by Crippen LogP contribution is -2.25. The summed E-state index contributed by atoms with van der Waals surface area (Å²) in [6.07, 6.45) is 1.58. The van der Waals surface area contributed by atoms with Gasteiger partial charge in [-0.1, -0.05) is 12.1 Å². The summed E-state index contributed by atoms with van der Waals surface area (Å²) in [5.41, 5.74) is 1.21. The van der Waals surface area contributed by atoms with E-state index in [1.807, 2.05) is 17.8 Å². The van der Waals surface area contributed by atoms with Gasteiger partial charge in [-0.05, 0) is 18.6 Å². The van der Waals surface area contributed by atoms with Crippen molar-refractivity contribution in [3.8, 4) is 6.07 Å². The maximum Gasteiger partial charge on any atom is 0.0622 e. The Labute approximate surface area is 88.3 Å². The van der Waals surface area contributed by atoms with Gasteiger partial charge in [0.15, 0.2) is 0 Å². The third kappa shape index (κ3) is 2.02. The highest BCUT2D eigenvalue weighted by atomic mass is 32.2. The van der Waals surface area contributed by atoms with Crippen LogP contribution in [-0.4, -0.2) is 11.8 Å². The van der Waals surface area contributed by atoms with Crippen LogP contribution in [0.4, 0.5) is 5.69 Å². The third-order valence-corrected chi connectivity index (χ3v) is 3.53. The van der Waals surface area contributed by atoms with Crippen LogP contribution >= 0.6 is 11.8 Å². The van der Waals surface area contributed by atoms with E-state index in [4.69, 9.17) is 5.26 Å². The number of nitriles is 1. The molecule has 1 aromatic rings. The molecule has 0 fully saturated rings. The Kier molecular flexibility index (Phi) is 2.95. The van der Waals surface area contributed by atoms with Crippen molar-refractivity contribution in [2.75, 3.05) is 11.1 Å². The Morgan fingerprint density at radius 2 is 2.36 bits per heavy atom. The first-order valence-corrected chi connectivity index (χ1v) is 5.74. The zero-order chi connectivity index (χ0) is 9.80. The lowest BCUT2D eigenvalue weighted by atomic mass is 10.1. The van der Waals surface area contributed by atoms with Gasteiger partial charge >= 0.3 is 0 Å². The summed E-state index contributed by atoms with van der Waals surface area (Å²) in [6, 6.07) is 11.0. The number of hydrogen-bond donors (Lipinski definition) is 1. The highest BCUT2D eigenvalue weighted by Gasteiger charge is 2.16. The number of para-hydroxylation sites is 1. The van der Waals surface area contributed by atoms with Crippen LogP contribution in [0.3, 0.4) is 0 Å². The number of rotatable bonds is 2. The Morgan fingerprint density at radius 1 is 1.50 bits per heavy atom. The van der Waals surface area contributed by atoms with Gasteiger partial charge in [0.2, 0.25) is 0 Å². The quantitative estimate of drug-likeness (QED) is 0.804.